The van der Waals surface area contributed by atoms with Crippen LogP contribution in [0.2, 0.25) is 0 Å². The first kappa shape index (κ1) is 19.2. The van der Waals surface area contributed by atoms with Gasteiger partial charge in [-0.1, -0.05) is 12.1 Å². The van der Waals surface area contributed by atoms with Gasteiger partial charge in [-0.25, -0.2) is 13.9 Å². The lowest BCUT2D eigenvalue weighted by atomic mass is 9.95. The number of rotatable bonds is 2. The van der Waals surface area contributed by atoms with E-state index in [0.717, 1.165) is 15.6 Å². The molecular weight excluding hydrogens is 412 g/mol. The number of fused-ring (bicyclic) bond motifs is 2. The summed E-state index contributed by atoms with van der Waals surface area (Å²) in [5.41, 5.74) is 4.38. The Morgan fingerprint density at radius 1 is 1.03 bits per heavy atom. The zero-order valence-electron chi connectivity index (χ0n) is 16.1. The third kappa shape index (κ3) is 3.22. The van der Waals surface area contributed by atoms with Crippen LogP contribution in [0, 0.1) is 12.7 Å². The number of hydrogen-bond donors (Lipinski definition) is 1. The first-order valence-corrected chi connectivity index (χ1v) is 9.37. The highest BCUT2D eigenvalue weighted by Crippen LogP contribution is 2.38. The Morgan fingerprint density at radius 3 is 2.48 bits per heavy atom. The second-order valence-electron chi connectivity index (χ2n) is 7.36. The van der Waals surface area contributed by atoms with Crippen LogP contribution in [0.25, 0.3) is 28.0 Å². The first-order valence-electron chi connectivity index (χ1n) is 9.37. The molecule has 2 aromatic heterocycles. The molecule has 0 fully saturated rings. The molecule has 1 N–H and O–H groups in total. The molecule has 0 radical (unpaired) electrons. The Bertz CT molecular complexity index is 1360. The van der Waals surface area contributed by atoms with Crippen LogP contribution >= 0.6 is 0 Å². The number of carbonyl (C=O) groups excluding carboxylic acids is 1. The maximum atomic E-state index is 13.5. The van der Waals surface area contributed by atoms with Gasteiger partial charge in [-0.3, -0.25) is 4.79 Å². The maximum Gasteiger partial charge on any atom is 0.453 e. The maximum absolute atomic E-state index is 13.5. The van der Waals surface area contributed by atoms with Crippen molar-refractivity contribution in [2.45, 2.75) is 19.5 Å². The lowest BCUT2D eigenvalue weighted by molar-refractivity contribution is -0.144. The smallest absolute Gasteiger partial charge is 0.325 e. The van der Waals surface area contributed by atoms with Crippen molar-refractivity contribution >= 4 is 17.2 Å². The number of aromatic nitrogens is 3. The molecular formula is C22H14F4N4O. The lowest BCUT2D eigenvalue weighted by Crippen LogP contribution is -2.08. The fourth-order valence-electron chi connectivity index (χ4n) is 3.88. The number of carbonyl (C=O) groups is 1. The zero-order valence-corrected chi connectivity index (χ0v) is 16.1. The van der Waals surface area contributed by atoms with E-state index in [1.165, 1.54) is 18.2 Å². The molecule has 4 aromatic rings. The van der Waals surface area contributed by atoms with E-state index < -0.39 is 17.8 Å². The van der Waals surface area contributed by atoms with Crippen LogP contribution in [0.1, 0.15) is 17.0 Å². The number of nitrogens with zero attached hydrogens (tertiary/aromatic N) is 3. The Hall–Kier alpha value is -3.75. The SMILES string of the molecule is Cc1cc(-c2c(-c3ccc(F)cc3)ccc3nc(C(F)(F)F)nn23)cc2c1NC(=O)C2. The minimum absolute atomic E-state index is 0.0283. The van der Waals surface area contributed by atoms with E-state index in [9.17, 15) is 22.4 Å². The fraction of sp³-hybridized carbons (Fsp3) is 0.136. The van der Waals surface area contributed by atoms with Crippen LogP contribution in [0.4, 0.5) is 23.2 Å². The molecule has 1 aliphatic heterocycles. The van der Waals surface area contributed by atoms with Gasteiger partial charge in [0.15, 0.2) is 5.65 Å². The summed E-state index contributed by atoms with van der Waals surface area (Å²) in [5.74, 6) is -1.82. The van der Waals surface area contributed by atoms with Gasteiger partial charge in [0.1, 0.15) is 5.82 Å². The molecule has 1 amide bonds. The van der Waals surface area contributed by atoms with E-state index in [1.54, 1.807) is 30.3 Å². The number of pyridine rings is 1. The number of anilines is 1. The van der Waals surface area contributed by atoms with Gasteiger partial charge in [0.2, 0.25) is 5.91 Å². The monoisotopic (exact) mass is 426 g/mol. The number of aryl methyl sites for hydroxylation is 1. The molecule has 5 rings (SSSR count). The van der Waals surface area contributed by atoms with Crippen molar-refractivity contribution in [2.75, 3.05) is 5.32 Å². The predicted octanol–water partition coefficient (Wildman–Crippen LogP) is 5.02. The number of benzene rings is 2. The molecule has 1 aliphatic rings. The third-order valence-corrected chi connectivity index (χ3v) is 5.21. The van der Waals surface area contributed by atoms with Crippen molar-refractivity contribution in [3.63, 3.8) is 0 Å². The number of nitrogens with one attached hydrogen (secondary N) is 1. The van der Waals surface area contributed by atoms with Crippen molar-refractivity contribution in [2.24, 2.45) is 0 Å². The molecule has 0 atom stereocenters. The van der Waals surface area contributed by atoms with Crippen LogP contribution in [0.15, 0.2) is 48.5 Å². The highest BCUT2D eigenvalue weighted by Gasteiger charge is 2.37. The van der Waals surface area contributed by atoms with Crippen molar-refractivity contribution in [3.8, 4) is 22.4 Å². The molecule has 9 heteroatoms. The van der Waals surface area contributed by atoms with Gasteiger partial charge in [-0.05, 0) is 60.0 Å². The van der Waals surface area contributed by atoms with Crippen LogP contribution in [0.3, 0.4) is 0 Å². The van der Waals surface area contributed by atoms with Crippen molar-refractivity contribution < 1.29 is 22.4 Å². The van der Waals surface area contributed by atoms with Gasteiger partial charge in [0.05, 0.1) is 12.1 Å². The number of halogens is 4. The van der Waals surface area contributed by atoms with Gasteiger partial charge >= 0.3 is 6.18 Å². The Labute approximate surface area is 173 Å². The van der Waals surface area contributed by atoms with Crippen LogP contribution in [-0.4, -0.2) is 20.5 Å². The topological polar surface area (TPSA) is 59.3 Å². The van der Waals surface area contributed by atoms with E-state index in [1.807, 2.05) is 6.92 Å². The van der Waals surface area contributed by atoms with Crippen molar-refractivity contribution in [1.82, 2.24) is 14.6 Å². The Kier molecular flexibility index (Phi) is 4.11. The van der Waals surface area contributed by atoms with Crippen LogP contribution in [-0.2, 0) is 17.4 Å². The zero-order chi connectivity index (χ0) is 21.9. The second-order valence-corrected chi connectivity index (χ2v) is 7.36. The minimum Gasteiger partial charge on any atom is -0.325 e. The van der Waals surface area contributed by atoms with Gasteiger partial charge < -0.3 is 5.32 Å². The highest BCUT2D eigenvalue weighted by atomic mass is 19.4. The quantitative estimate of drug-likeness (QED) is 0.458. The summed E-state index contributed by atoms with van der Waals surface area (Å²) < 4.78 is 54.5. The van der Waals surface area contributed by atoms with Crippen molar-refractivity contribution in [3.05, 3.63) is 71.3 Å². The first-order chi connectivity index (χ1) is 14.7. The van der Waals surface area contributed by atoms with Gasteiger partial charge in [0.25, 0.3) is 5.82 Å². The van der Waals surface area contributed by atoms with E-state index in [2.05, 4.69) is 15.4 Å². The molecule has 0 aliphatic carbocycles. The van der Waals surface area contributed by atoms with Gasteiger partial charge in [0, 0.05) is 16.8 Å². The molecule has 3 heterocycles. The van der Waals surface area contributed by atoms with E-state index >= 15 is 0 Å². The van der Waals surface area contributed by atoms with Gasteiger partial charge in [-0.2, -0.15) is 13.2 Å². The molecule has 0 bridgehead atoms. The third-order valence-electron chi connectivity index (χ3n) is 5.21. The largest absolute Gasteiger partial charge is 0.453 e. The Morgan fingerprint density at radius 2 is 1.77 bits per heavy atom. The molecule has 0 saturated heterocycles. The van der Waals surface area contributed by atoms with E-state index in [4.69, 9.17) is 0 Å². The predicted molar refractivity (Wildman–Crippen MR) is 106 cm³/mol. The van der Waals surface area contributed by atoms with E-state index in [-0.39, 0.29) is 18.0 Å². The van der Waals surface area contributed by atoms with Gasteiger partial charge in [-0.15, -0.1) is 5.10 Å². The second kappa shape index (κ2) is 6.63. The standard InChI is InChI=1S/C22H14F4N4O/c1-11-8-14(9-13-10-18(31)28-19(11)13)20-16(12-2-4-15(23)5-3-12)6-7-17-27-21(22(24,25)26)29-30(17)20/h2-9H,10H2,1H3,(H,28,31). The molecule has 0 spiro atoms. The van der Waals surface area contributed by atoms with Crippen LogP contribution in [0.5, 0.6) is 0 Å². The lowest BCUT2D eigenvalue weighted by Gasteiger charge is -2.14. The summed E-state index contributed by atoms with van der Waals surface area (Å²) in [5, 5.41) is 6.52. The average molecular weight is 426 g/mol. The molecule has 156 valence electrons. The molecule has 2 aromatic carbocycles. The summed E-state index contributed by atoms with van der Waals surface area (Å²) in [6.45, 7) is 1.81. The molecule has 5 nitrogen and oxygen atoms in total. The summed E-state index contributed by atoms with van der Waals surface area (Å²) in [6.07, 6.45) is -4.53. The normalized spacial score (nSPS) is 13.5. The number of amides is 1. The summed E-state index contributed by atoms with van der Waals surface area (Å²) in [4.78, 5) is 15.5. The van der Waals surface area contributed by atoms with E-state index in [0.29, 0.717) is 28.1 Å². The average Bonchev–Trinajstić information content (AvgIpc) is 3.31. The number of hydrogen-bond acceptors (Lipinski definition) is 3. The highest BCUT2D eigenvalue weighted by molar-refractivity contribution is 6.01. The fourth-order valence-corrected chi connectivity index (χ4v) is 3.88. The summed E-state index contributed by atoms with van der Waals surface area (Å²) >= 11 is 0. The minimum atomic E-state index is -4.70. The molecule has 0 saturated carbocycles. The molecule has 0 unspecified atom stereocenters. The summed E-state index contributed by atoms with van der Waals surface area (Å²) in [6, 6.07) is 12.3. The van der Waals surface area contributed by atoms with Crippen molar-refractivity contribution in [1.29, 1.82) is 0 Å². The summed E-state index contributed by atoms with van der Waals surface area (Å²) in [7, 11) is 0. The Balaban J connectivity index is 1.82. The number of alkyl halides is 3. The van der Waals surface area contributed by atoms with Crippen LogP contribution < -0.4 is 5.32 Å². The molecule has 31 heavy (non-hydrogen) atoms.